The van der Waals surface area contributed by atoms with Crippen LogP contribution in [0.3, 0.4) is 0 Å². The summed E-state index contributed by atoms with van der Waals surface area (Å²) in [4.78, 5) is 20.8. The maximum atomic E-state index is 12.8. The standard InChI is InChI=1S/C24H28N4O3S2/c29-23(28-12-10-27(11-13-28)15-19-4-2-1-3-5-19)14-18-6-8-20(9-7-18)25-24-26-21-16-33(30,31)17-22(21)32-24/h1-9,21-22H,10-17H2,(H,25,26)/p+1/t21-,22-/m1/s1. The number of hydrogen-bond donors (Lipinski definition) is 2. The summed E-state index contributed by atoms with van der Waals surface area (Å²) in [6, 6.07) is 18.3. The van der Waals surface area contributed by atoms with Crippen molar-refractivity contribution in [2.24, 2.45) is 4.99 Å². The number of aliphatic imine (C=N–C) groups is 1. The van der Waals surface area contributed by atoms with E-state index in [0.29, 0.717) is 6.42 Å². The lowest BCUT2D eigenvalue weighted by molar-refractivity contribution is -0.917. The largest absolute Gasteiger partial charge is 0.335 e. The Balaban J connectivity index is 1.09. The summed E-state index contributed by atoms with van der Waals surface area (Å²) in [5.74, 6) is 0.540. The number of rotatable bonds is 5. The van der Waals surface area contributed by atoms with Crippen molar-refractivity contribution >= 4 is 38.4 Å². The van der Waals surface area contributed by atoms with Gasteiger partial charge in [0.25, 0.3) is 0 Å². The molecule has 0 saturated carbocycles. The Kier molecular flexibility index (Phi) is 6.44. The number of hydrogen-bond acceptors (Lipinski definition) is 6. The Morgan fingerprint density at radius 1 is 1.03 bits per heavy atom. The van der Waals surface area contributed by atoms with Crippen molar-refractivity contribution in [3.63, 3.8) is 0 Å². The fraction of sp³-hybridized carbons (Fsp3) is 0.417. The second-order valence-corrected chi connectivity index (χ2v) is 12.4. The summed E-state index contributed by atoms with van der Waals surface area (Å²) >= 11 is 1.51. The van der Waals surface area contributed by atoms with Crippen LogP contribution in [-0.4, -0.2) is 73.4 Å². The van der Waals surface area contributed by atoms with E-state index in [1.54, 1.807) is 0 Å². The highest BCUT2D eigenvalue weighted by molar-refractivity contribution is 8.15. The number of carbonyl (C=O) groups excluding carboxylic acids is 1. The van der Waals surface area contributed by atoms with Gasteiger partial charge in [-0.2, -0.15) is 0 Å². The van der Waals surface area contributed by atoms with Crippen LogP contribution in [0.5, 0.6) is 0 Å². The molecule has 3 aliphatic heterocycles. The SMILES string of the molecule is O=C(Cc1ccc(NC2=N[C@@H]3CS(=O)(=O)C[C@H]3S2)cc1)N1CC[NH+](Cc2ccccc2)CC1. The van der Waals surface area contributed by atoms with Crippen molar-refractivity contribution in [1.82, 2.24) is 4.90 Å². The maximum Gasteiger partial charge on any atom is 0.227 e. The second-order valence-electron chi connectivity index (χ2n) is 9.03. The molecule has 0 bridgehead atoms. The van der Waals surface area contributed by atoms with Gasteiger partial charge in [-0.25, -0.2) is 8.42 Å². The van der Waals surface area contributed by atoms with Crippen molar-refractivity contribution in [3.8, 4) is 0 Å². The summed E-state index contributed by atoms with van der Waals surface area (Å²) in [6.07, 6.45) is 0.409. The van der Waals surface area contributed by atoms with Gasteiger partial charge < -0.3 is 15.1 Å². The number of nitrogens with one attached hydrogen (secondary N) is 2. The first-order valence-corrected chi connectivity index (χ1v) is 14.1. The zero-order valence-corrected chi connectivity index (χ0v) is 20.1. The number of quaternary nitrogens is 1. The third kappa shape index (κ3) is 5.59. The molecule has 2 atom stereocenters. The molecule has 174 valence electrons. The molecule has 3 aliphatic rings. The van der Waals surface area contributed by atoms with E-state index in [9.17, 15) is 13.2 Å². The molecular weight excluding hydrogens is 456 g/mol. The Morgan fingerprint density at radius 2 is 1.76 bits per heavy atom. The lowest BCUT2D eigenvalue weighted by Gasteiger charge is -2.32. The van der Waals surface area contributed by atoms with Crippen LogP contribution >= 0.6 is 11.8 Å². The van der Waals surface area contributed by atoms with E-state index in [4.69, 9.17) is 0 Å². The van der Waals surface area contributed by atoms with Crippen molar-refractivity contribution in [3.05, 3.63) is 65.7 Å². The topological polar surface area (TPSA) is 83.3 Å². The summed E-state index contributed by atoms with van der Waals surface area (Å²) in [5.41, 5.74) is 3.24. The molecule has 2 saturated heterocycles. The summed E-state index contributed by atoms with van der Waals surface area (Å²) < 4.78 is 23.4. The summed E-state index contributed by atoms with van der Waals surface area (Å²) in [6.45, 7) is 4.57. The fourth-order valence-electron chi connectivity index (χ4n) is 4.67. The normalized spacial score (nSPS) is 24.4. The Hall–Kier alpha value is -2.36. The first kappa shape index (κ1) is 22.4. The van der Waals surface area contributed by atoms with Gasteiger partial charge in [0.15, 0.2) is 15.0 Å². The number of carbonyl (C=O) groups is 1. The molecule has 3 heterocycles. The minimum Gasteiger partial charge on any atom is -0.335 e. The highest BCUT2D eigenvalue weighted by Crippen LogP contribution is 2.34. The number of benzene rings is 2. The number of thioether (sulfide) groups is 1. The number of amidine groups is 1. The third-order valence-corrected chi connectivity index (χ3v) is 9.64. The predicted octanol–water partition coefficient (Wildman–Crippen LogP) is 0.837. The molecule has 0 radical (unpaired) electrons. The quantitative estimate of drug-likeness (QED) is 0.656. The monoisotopic (exact) mass is 485 g/mol. The number of anilines is 1. The molecule has 9 heteroatoms. The van der Waals surface area contributed by atoms with Crippen LogP contribution in [0.25, 0.3) is 0 Å². The van der Waals surface area contributed by atoms with Crippen LogP contribution in [0.2, 0.25) is 0 Å². The van der Waals surface area contributed by atoms with E-state index in [-0.39, 0.29) is 28.7 Å². The van der Waals surface area contributed by atoms with Crippen molar-refractivity contribution < 1.29 is 18.1 Å². The number of amides is 1. The number of fused-ring (bicyclic) bond motifs is 1. The van der Waals surface area contributed by atoms with Gasteiger partial charge >= 0.3 is 0 Å². The highest BCUT2D eigenvalue weighted by atomic mass is 32.2. The smallest absolute Gasteiger partial charge is 0.227 e. The van der Waals surface area contributed by atoms with Gasteiger partial charge in [0.05, 0.1) is 50.1 Å². The Bertz CT molecular complexity index is 1130. The van der Waals surface area contributed by atoms with Crippen molar-refractivity contribution in [2.45, 2.75) is 24.3 Å². The van der Waals surface area contributed by atoms with Gasteiger partial charge in [-0.1, -0.05) is 54.2 Å². The molecule has 0 unspecified atom stereocenters. The minimum atomic E-state index is -2.94. The van der Waals surface area contributed by atoms with E-state index in [1.165, 1.54) is 22.2 Å². The van der Waals surface area contributed by atoms with Gasteiger partial charge in [0.2, 0.25) is 5.91 Å². The molecular formula is C24H29N4O3S2+. The highest BCUT2D eigenvalue weighted by Gasteiger charge is 2.42. The predicted molar refractivity (Wildman–Crippen MR) is 132 cm³/mol. The molecule has 0 aromatic heterocycles. The minimum absolute atomic E-state index is 0.0318. The molecule has 2 aromatic carbocycles. The molecule has 2 aromatic rings. The molecule has 33 heavy (non-hydrogen) atoms. The maximum absolute atomic E-state index is 12.8. The van der Waals surface area contributed by atoms with E-state index in [2.05, 4.69) is 34.6 Å². The van der Waals surface area contributed by atoms with Crippen LogP contribution in [-0.2, 0) is 27.6 Å². The fourth-order valence-corrected chi connectivity index (χ4v) is 8.34. The van der Waals surface area contributed by atoms with E-state index < -0.39 is 9.84 Å². The van der Waals surface area contributed by atoms with E-state index in [0.717, 1.165) is 49.1 Å². The Morgan fingerprint density at radius 3 is 2.45 bits per heavy atom. The zero-order valence-electron chi connectivity index (χ0n) is 18.4. The molecule has 7 nitrogen and oxygen atoms in total. The first-order chi connectivity index (χ1) is 15.9. The molecule has 2 N–H and O–H groups in total. The average molecular weight is 486 g/mol. The van der Waals surface area contributed by atoms with Gasteiger partial charge in [0, 0.05) is 16.5 Å². The summed E-state index contributed by atoms with van der Waals surface area (Å²) in [5, 5.41) is 4.09. The molecule has 0 spiro atoms. The van der Waals surface area contributed by atoms with Gasteiger partial charge in [0.1, 0.15) is 6.54 Å². The molecule has 1 amide bonds. The van der Waals surface area contributed by atoms with E-state index >= 15 is 0 Å². The molecule has 0 aliphatic carbocycles. The number of nitrogens with zero attached hydrogens (tertiary/aromatic N) is 2. The van der Waals surface area contributed by atoms with Crippen LogP contribution in [0.4, 0.5) is 5.69 Å². The Labute approximate surface area is 199 Å². The first-order valence-electron chi connectivity index (χ1n) is 11.4. The lowest BCUT2D eigenvalue weighted by atomic mass is 10.1. The molecule has 5 rings (SSSR count). The van der Waals surface area contributed by atoms with Gasteiger partial charge in [-0.05, 0) is 17.7 Å². The van der Waals surface area contributed by atoms with Crippen LogP contribution in [0.1, 0.15) is 11.1 Å². The number of piperazine rings is 1. The van der Waals surface area contributed by atoms with E-state index in [1.807, 2.05) is 35.2 Å². The van der Waals surface area contributed by atoms with Crippen LogP contribution in [0.15, 0.2) is 59.6 Å². The lowest BCUT2D eigenvalue weighted by Crippen LogP contribution is -3.13. The second kappa shape index (κ2) is 9.48. The third-order valence-electron chi connectivity index (χ3n) is 6.50. The molecule has 2 fully saturated rings. The van der Waals surface area contributed by atoms with Crippen molar-refractivity contribution in [1.29, 1.82) is 0 Å². The van der Waals surface area contributed by atoms with Gasteiger partial charge in [-0.3, -0.25) is 9.79 Å². The van der Waals surface area contributed by atoms with Crippen LogP contribution < -0.4 is 10.2 Å². The zero-order chi connectivity index (χ0) is 22.8. The number of sulfone groups is 1. The van der Waals surface area contributed by atoms with Crippen molar-refractivity contribution in [2.75, 3.05) is 43.0 Å². The average Bonchev–Trinajstić information content (AvgIpc) is 3.28. The van der Waals surface area contributed by atoms with Crippen LogP contribution in [0, 0.1) is 0 Å². The van der Waals surface area contributed by atoms with Gasteiger partial charge in [-0.15, -0.1) is 0 Å². The summed E-state index contributed by atoms with van der Waals surface area (Å²) in [7, 11) is -2.94.